The van der Waals surface area contributed by atoms with Crippen LogP contribution in [0.2, 0.25) is 0 Å². The van der Waals surface area contributed by atoms with Crippen molar-refractivity contribution >= 4 is 11.3 Å². The van der Waals surface area contributed by atoms with Gasteiger partial charge in [-0.25, -0.2) is 9.37 Å². The van der Waals surface area contributed by atoms with E-state index in [1.807, 2.05) is 25.3 Å². The number of aromatic nitrogens is 1. The van der Waals surface area contributed by atoms with Crippen LogP contribution in [-0.4, -0.2) is 23.0 Å². The smallest absolute Gasteiger partial charge is 0.126 e. The number of thiazole rings is 1. The summed E-state index contributed by atoms with van der Waals surface area (Å²) in [4.78, 5) is 8.18. The van der Waals surface area contributed by atoms with Crippen molar-refractivity contribution in [3.63, 3.8) is 0 Å². The quantitative estimate of drug-likeness (QED) is 0.850. The number of nitrogens with zero attached hydrogens (tertiary/aromatic N) is 2. The first-order valence-electron chi connectivity index (χ1n) is 7.49. The van der Waals surface area contributed by atoms with E-state index < -0.39 is 0 Å². The average Bonchev–Trinajstić information content (AvgIpc) is 3.04. The molecule has 0 bridgehead atoms. The molecule has 0 N–H and O–H groups in total. The predicted octanol–water partition coefficient (Wildman–Crippen LogP) is 3.96. The van der Waals surface area contributed by atoms with E-state index in [1.54, 1.807) is 17.4 Å². The molecular weight excluding hydrogens is 283 g/mol. The fourth-order valence-corrected chi connectivity index (χ4v) is 3.93. The molecule has 2 nitrogen and oxygen atoms in total. The maximum absolute atomic E-state index is 13.3. The lowest BCUT2D eigenvalue weighted by molar-refractivity contribution is 0.319. The second kappa shape index (κ2) is 6.24. The van der Waals surface area contributed by atoms with Gasteiger partial charge >= 0.3 is 0 Å². The van der Waals surface area contributed by atoms with E-state index in [0.29, 0.717) is 5.92 Å². The molecule has 3 rings (SSSR count). The zero-order valence-electron chi connectivity index (χ0n) is 12.6. The van der Waals surface area contributed by atoms with E-state index in [9.17, 15) is 4.39 Å². The Morgan fingerprint density at radius 3 is 2.95 bits per heavy atom. The molecule has 1 aliphatic rings. The largest absolute Gasteiger partial charge is 0.298 e. The van der Waals surface area contributed by atoms with Gasteiger partial charge in [0, 0.05) is 24.2 Å². The Balaban J connectivity index is 1.55. The number of benzene rings is 1. The molecule has 1 saturated heterocycles. The molecule has 0 amide bonds. The van der Waals surface area contributed by atoms with Crippen molar-refractivity contribution in [3.8, 4) is 0 Å². The van der Waals surface area contributed by atoms with Gasteiger partial charge in [-0.05, 0) is 56.3 Å². The number of likely N-dealkylation sites (tertiary alicyclic amines) is 1. The maximum Gasteiger partial charge on any atom is 0.126 e. The summed E-state index contributed by atoms with van der Waals surface area (Å²) in [6.07, 6.45) is 4.28. The Bertz CT molecular complexity index is 623. The highest BCUT2D eigenvalue weighted by atomic mass is 32.1. The van der Waals surface area contributed by atoms with Crippen LogP contribution in [0.5, 0.6) is 0 Å². The molecule has 112 valence electrons. The monoisotopic (exact) mass is 304 g/mol. The van der Waals surface area contributed by atoms with Crippen LogP contribution >= 0.6 is 11.3 Å². The molecule has 1 aliphatic heterocycles. The van der Waals surface area contributed by atoms with Gasteiger partial charge in [-0.3, -0.25) is 4.90 Å². The van der Waals surface area contributed by atoms with Crippen LogP contribution in [0.4, 0.5) is 4.39 Å². The third kappa shape index (κ3) is 3.69. The molecule has 0 aliphatic carbocycles. The Morgan fingerprint density at radius 2 is 2.24 bits per heavy atom. The van der Waals surface area contributed by atoms with Gasteiger partial charge in [-0.15, -0.1) is 11.3 Å². The number of hydrogen-bond acceptors (Lipinski definition) is 3. The lowest BCUT2D eigenvalue weighted by Crippen LogP contribution is -2.20. The summed E-state index contributed by atoms with van der Waals surface area (Å²) < 4.78 is 13.3. The number of halogens is 1. The summed E-state index contributed by atoms with van der Waals surface area (Å²) in [5.41, 5.74) is 2.01. The van der Waals surface area contributed by atoms with E-state index in [-0.39, 0.29) is 5.82 Å². The zero-order chi connectivity index (χ0) is 14.8. The molecule has 1 atom stereocenters. The van der Waals surface area contributed by atoms with Gasteiger partial charge in [0.05, 0.1) is 5.01 Å². The van der Waals surface area contributed by atoms with Gasteiger partial charge in [0.1, 0.15) is 5.82 Å². The van der Waals surface area contributed by atoms with Gasteiger partial charge in [0.15, 0.2) is 0 Å². The molecule has 0 radical (unpaired) electrons. The third-order valence-corrected chi connectivity index (χ3v) is 5.06. The van der Waals surface area contributed by atoms with Gasteiger partial charge in [-0.1, -0.05) is 12.1 Å². The van der Waals surface area contributed by atoms with E-state index in [0.717, 1.165) is 36.6 Å². The minimum atomic E-state index is -0.104. The fraction of sp³-hybridized carbons (Fsp3) is 0.471. The first-order valence-corrected chi connectivity index (χ1v) is 8.30. The Labute approximate surface area is 129 Å². The number of rotatable bonds is 4. The molecule has 1 aromatic carbocycles. The van der Waals surface area contributed by atoms with E-state index in [1.165, 1.54) is 16.9 Å². The first-order chi connectivity index (χ1) is 10.1. The van der Waals surface area contributed by atoms with Gasteiger partial charge in [0.25, 0.3) is 0 Å². The minimum Gasteiger partial charge on any atom is -0.298 e. The van der Waals surface area contributed by atoms with E-state index >= 15 is 0 Å². The average molecular weight is 304 g/mol. The highest BCUT2D eigenvalue weighted by Crippen LogP contribution is 2.24. The van der Waals surface area contributed by atoms with Crippen LogP contribution < -0.4 is 0 Å². The van der Waals surface area contributed by atoms with E-state index in [2.05, 4.69) is 16.8 Å². The summed E-state index contributed by atoms with van der Waals surface area (Å²) >= 11 is 1.79. The molecule has 21 heavy (non-hydrogen) atoms. The summed E-state index contributed by atoms with van der Waals surface area (Å²) in [5.74, 6) is 0.580. The van der Waals surface area contributed by atoms with Crippen LogP contribution in [0.15, 0.2) is 24.4 Å². The van der Waals surface area contributed by atoms with Crippen molar-refractivity contribution in [1.29, 1.82) is 0 Å². The van der Waals surface area contributed by atoms with Crippen molar-refractivity contribution in [3.05, 3.63) is 51.2 Å². The minimum absolute atomic E-state index is 0.104. The van der Waals surface area contributed by atoms with Gasteiger partial charge in [0.2, 0.25) is 0 Å². The standard InChI is InChI=1S/C17H21FN2S/c1-12-7-14(3-4-17(12)18)8-15-5-6-20(10-15)11-16-9-19-13(2)21-16/h3-4,7,9,15H,5-6,8,10-11H2,1-2H3. The highest BCUT2D eigenvalue weighted by molar-refractivity contribution is 7.11. The maximum atomic E-state index is 13.3. The summed E-state index contributed by atoms with van der Waals surface area (Å²) in [6, 6.07) is 5.51. The SMILES string of the molecule is Cc1ncc(CN2CCC(Cc3ccc(F)c(C)c3)C2)s1. The topological polar surface area (TPSA) is 16.1 Å². The second-order valence-electron chi connectivity index (χ2n) is 6.02. The molecule has 1 unspecified atom stereocenters. The second-order valence-corrected chi connectivity index (χ2v) is 7.34. The zero-order valence-corrected chi connectivity index (χ0v) is 13.4. The lowest BCUT2D eigenvalue weighted by Gasteiger charge is -2.15. The third-order valence-electron chi connectivity index (χ3n) is 4.17. The van der Waals surface area contributed by atoms with Crippen LogP contribution in [0, 0.1) is 25.6 Å². The van der Waals surface area contributed by atoms with Crippen molar-refractivity contribution in [2.75, 3.05) is 13.1 Å². The fourth-order valence-electron chi connectivity index (χ4n) is 3.09. The van der Waals surface area contributed by atoms with Crippen LogP contribution in [0.25, 0.3) is 0 Å². The number of aryl methyl sites for hydroxylation is 2. The van der Waals surface area contributed by atoms with Crippen LogP contribution in [0.1, 0.15) is 27.4 Å². The van der Waals surface area contributed by atoms with Crippen molar-refractivity contribution in [1.82, 2.24) is 9.88 Å². The Morgan fingerprint density at radius 1 is 1.38 bits per heavy atom. The van der Waals surface area contributed by atoms with Crippen molar-refractivity contribution in [2.24, 2.45) is 5.92 Å². The molecule has 0 saturated carbocycles. The van der Waals surface area contributed by atoms with Gasteiger partial charge in [-0.2, -0.15) is 0 Å². The molecule has 1 fully saturated rings. The van der Waals surface area contributed by atoms with Crippen molar-refractivity contribution in [2.45, 2.75) is 33.2 Å². The highest BCUT2D eigenvalue weighted by Gasteiger charge is 2.23. The predicted molar refractivity (Wildman–Crippen MR) is 85.1 cm³/mol. The normalized spacial score (nSPS) is 19.3. The van der Waals surface area contributed by atoms with Crippen LogP contribution in [0.3, 0.4) is 0 Å². The molecular formula is C17H21FN2S. The van der Waals surface area contributed by atoms with Crippen LogP contribution in [-0.2, 0) is 13.0 Å². The molecule has 0 spiro atoms. The van der Waals surface area contributed by atoms with Crippen molar-refractivity contribution < 1.29 is 4.39 Å². The molecule has 4 heteroatoms. The Hall–Kier alpha value is -1.26. The summed E-state index contributed by atoms with van der Waals surface area (Å²) in [5, 5.41) is 1.14. The lowest BCUT2D eigenvalue weighted by atomic mass is 9.97. The number of hydrogen-bond donors (Lipinski definition) is 0. The molecule has 2 aromatic rings. The first kappa shape index (κ1) is 14.7. The van der Waals surface area contributed by atoms with E-state index in [4.69, 9.17) is 0 Å². The van der Waals surface area contributed by atoms with Gasteiger partial charge < -0.3 is 0 Å². The molecule has 2 heterocycles. The Kier molecular flexibility index (Phi) is 4.36. The summed E-state index contributed by atoms with van der Waals surface area (Å²) in [6.45, 7) is 7.20. The summed E-state index contributed by atoms with van der Waals surface area (Å²) in [7, 11) is 0. The molecule has 1 aromatic heterocycles.